The van der Waals surface area contributed by atoms with Crippen LogP contribution in [-0.4, -0.2) is 28.9 Å². The standard InChI is InChI=1S/C17H22N2OS/c18-15(21)17(9-3-4-10-17)16(20)19-11-7-13-5-1-2-6-14(13)8-12-19/h1-2,5-6H,3-4,7-12H2,(H2,18,21). The number of amides is 1. The predicted molar refractivity (Wildman–Crippen MR) is 88.1 cm³/mol. The second kappa shape index (κ2) is 5.76. The number of carbonyl (C=O) groups excluding carboxylic acids is 1. The Balaban J connectivity index is 1.79. The molecule has 0 saturated heterocycles. The van der Waals surface area contributed by atoms with Crippen LogP contribution in [0.1, 0.15) is 36.8 Å². The average Bonchev–Trinajstić information content (AvgIpc) is 2.89. The fourth-order valence-electron chi connectivity index (χ4n) is 3.72. The molecule has 21 heavy (non-hydrogen) atoms. The zero-order chi connectivity index (χ0) is 14.9. The smallest absolute Gasteiger partial charge is 0.235 e. The summed E-state index contributed by atoms with van der Waals surface area (Å²) in [6, 6.07) is 8.48. The number of nitrogens with two attached hydrogens (primary N) is 1. The lowest BCUT2D eigenvalue weighted by atomic mass is 9.84. The van der Waals surface area contributed by atoms with Gasteiger partial charge in [-0.2, -0.15) is 0 Å². The van der Waals surface area contributed by atoms with Gasteiger partial charge in [0.2, 0.25) is 5.91 Å². The maximum absolute atomic E-state index is 13.0. The van der Waals surface area contributed by atoms with Crippen LogP contribution in [0.2, 0.25) is 0 Å². The van der Waals surface area contributed by atoms with Crippen LogP contribution in [0.25, 0.3) is 0 Å². The molecule has 0 unspecified atom stereocenters. The van der Waals surface area contributed by atoms with E-state index < -0.39 is 5.41 Å². The molecule has 0 aromatic heterocycles. The van der Waals surface area contributed by atoms with E-state index in [1.165, 1.54) is 11.1 Å². The molecule has 3 nitrogen and oxygen atoms in total. The lowest BCUT2D eigenvalue weighted by molar-refractivity contribution is -0.138. The van der Waals surface area contributed by atoms with E-state index in [9.17, 15) is 4.79 Å². The van der Waals surface area contributed by atoms with E-state index in [1.807, 2.05) is 4.90 Å². The van der Waals surface area contributed by atoms with Crippen LogP contribution < -0.4 is 5.73 Å². The molecular weight excluding hydrogens is 280 g/mol. The number of carbonyl (C=O) groups is 1. The van der Waals surface area contributed by atoms with Gasteiger partial charge in [-0.25, -0.2) is 0 Å². The van der Waals surface area contributed by atoms with Crippen molar-refractivity contribution in [3.63, 3.8) is 0 Å². The third-order valence-corrected chi connectivity index (χ3v) is 5.44. The highest BCUT2D eigenvalue weighted by Crippen LogP contribution is 2.40. The summed E-state index contributed by atoms with van der Waals surface area (Å²) >= 11 is 5.25. The highest BCUT2D eigenvalue weighted by Gasteiger charge is 2.46. The first-order valence-electron chi connectivity index (χ1n) is 7.79. The number of nitrogens with zero attached hydrogens (tertiary/aromatic N) is 1. The van der Waals surface area contributed by atoms with Crippen molar-refractivity contribution in [2.45, 2.75) is 38.5 Å². The van der Waals surface area contributed by atoms with E-state index in [4.69, 9.17) is 18.0 Å². The number of fused-ring (bicyclic) bond motifs is 1. The molecule has 1 aromatic rings. The highest BCUT2D eigenvalue weighted by atomic mass is 32.1. The van der Waals surface area contributed by atoms with E-state index in [2.05, 4.69) is 24.3 Å². The summed E-state index contributed by atoms with van der Waals surface area (Å²) in [5, 5.41) is 0. The molecule has 2 aliphatic rings. The molecule has 1 heterocycles. The number of hydrogen-bond acceptors (Lipinski definition) is 2. The van der Waals surface area contributed by atoms with Crippen LogP contribution in [0.5, 0.6) is 0 Å². The van der Waals surface area contributed by atoms with Crippen molar-refractivity contribution < 1.29 is 4.79 Å². The van der Waals surface area contributed by atoms with Gasteiger partial charge < -0.3 is 10.6 Å². The molecule has 1 amide bonds. The molecule has 0 radical (unpaired) electrons. The average molecular weight is 302 g/mol. The first kappa shape index (κ1) is 14.5. The van der Waals surface area contributed by atoms with Crippen LogP contribution in [0.3, 0.4) is 0 Å². The largest absolute Gasteiger partial charge is 0.392 e. The molecule has 1 saturated carbocycles. The fourth-order valence-corrected chi connectivity index (χ4v) is 4.01. The Morgan fingerprint density at radius 2 is 1.62 bits per heavy atom. The highest BCUT2D eigenvalue weighted by molar-refractivity contribution is 7.80. The number of benzene rings is 1. The monoisotopic (exact) mass is 302 g/mol. The summed E-state index contributed by atoms with van der Waals surface area (Å²) in [7, 11) is 0. The molecule has 4 heteroatoms. The number of hydrogen-bond donors (Lipinski definition) is 1. The predicted octanol–water partition coefficient (Wildman–Crippen LogP) is 2.46. The lowest BCUT2D eigenvalue weighted by Crippen LogP contribution is -2.49. The SMILES string of the molecule is NC(=S)C1(C(=O)N2CCc3ccccc3CC2)CCCC1. The van der Waals surface area contributed by atoms with Gasteiger partial charge in [0, 0.05) is 13.1 Å². The Morgan fingerprint density at radius 1 is 1.10 bits per heavy atom. The zero-order valence-electron chi connectivity index (χ0n) is 12.3. The van der Waals surface area contributed by atoms with E-state index in [0.717, 1.165) is 51.6 Å². The molecule has 2 N–H and O–H groups in total. The summed E-state index contributed by atoms with van der Waals surface area (Å²) in [5.74, 6) is 0.167. The Morgan fingerprint density at radius 3 is 2.10 bits per heavy atom. The quantitative estimate of drug-likeness (QED) is 0.854. The second-order valence-corrected chi connectivity index (χ2v) is 6.65. The number of thiocarbonyl (C=S) groups is 1. The van der Waals surface area contributed by atoms with Crippen molar-refractivity contribution in [2.24, 2.45) is 11.1 Å². The van der Waals surface area contributed by atoms with Gasteiger partial charge in [-0.1, -0.05) is 49.3 Å². The second-order valence-electron chi connectivity index (χ2n) is 6.21. The Hall–Kier alpha value is -1.42. The lowest BCUT2D eigenvalue weighted by Gasteiger charge is -2.33. The maximum atomic E-state index is 13.0. The minimum absolute atomic E-state index is 0.167. The van der Waals surface area contributed by atoms with E-state index in [1.54, 1.807) is 0 Å². The van der Waals surface area contributed by atoms with E-state index in [0.29, 0.717) is 4.99 Å². The van der Waals surface area contributed by atoms with Gasteiger partial charge in [-0.05, 0) is 36.8 Å². The van der Waals surface area contributed by atoms with Gasteiger partial charge in [0.15, 0.2) is 0 Å². The Bertz CT molecular complexity index is 537. The fraction of sp³-hybridized carbons (Fsp3) is 0.529. The molecule has 1 aromatic carbocycles. The molecular formula is C17H22N2OS. The zero-order valence-corrected chi connectivity index (χ0v) is 13.1. The van der Waals surface area contributed by atoms with Crippen molar-refractivity contribution in [3.8, 4) is 0 Å². The Kier molecular flexibility index (Phi) is 3.98. The Labute approximate surface area is 131 Å². The maximum Gasteiger partial charge on any atom is 0.235 e. The van der Waals surface area contributed by atoms with E-state index in [-0.39, 0.29) is 5.91 Å². The molecule has 1 fully saturated rings. The molecule has 0 spiro atoms. The van der Waals surface area contributed by atoms with Gasteiger partial charge in [0.1, 0.15) is 0 Å². The van der Waals surface area contributed by atoms with Gasteiger partial charge >= 0.3 is 0 Å². The molecule has 1 aliphatic carbocycles. The first-order valence-corrected chi connectivity index (χ1v) is 8.20. The third kappa shape index (κ3) is 2.57. The third-order valence-electron chi connectivity index (χ3n) is 5.05. The van der Waals surface area contributed by atoms with Crippen molar-refractivity contribution in [1.82, 2.24) is 4.90 Å². The minimum atomic E-state index is -0.564. The molecule has 0 bridgehead atoms. The summed E-state index contributed by atoms with van der Waals surface area (Å²) in [4.78, 5) is 15.4. The summed E-state index contributed by atoms with van der Waals surface area (Å²) < 4.78 is 0. The minimum Gasteiger partial charge on any atom is -0.392 e. The van der Waals surface area contributed by atoms with Crippen molar-refractivity contribution >= 4 is 23.1 Å². The number of rotatable bonds is 2. The molecule has 1 aliphatic heterocycles. The van der Waals surface area contributed by atoms with E-state index >= 15 is 0 Å². The molecule has 3 rings (SSSR count). The molecule has 0 atom stereocenters. The van der Waals surface area contributed by atoms with Crippen molar-refractivity contribution in [2.75, 3.05) is 13.1 Å². The van der Waals surface area contributed by atoms with Gasteiger partial charge in [0.05, 0.1) is 10.4 Å². The van der Waals surface area contributed by atoms with Gasteiger partial charge in [0.25, 0.3) is 0 Å². The summed E-state index contributed by atoms with van der Waals surface area (Å²) in [6.07, 6.45) is 5.61. The van der Waals surface area contributed by atoms with Crippen LogP contribution in [0.15, 0.2) is 24.3 Å². The topological polar surface area (TPSA) is 46.3 Å². The summed E-state index contributed by atoms with van der Waals surface area (Å²) in [5.41, 5.74) is 8.11. The summed E-state index contributed by atoms with van der Waals surface area (Å²) in [6.45, 7) is 1.56. The van der Waals surface area contributed by atoms with Gasteiger partial charge in [-0.15, -0.1) is 0 Å². The van der Waals surface area contributed by atoms with Crippen LogP contribution in [-0.2, 0) is 17.6 Å². The van der Waals surface area contributed by atoms with Crippen LogP contribution in [0.4, 0.5) is 0 Å². The van der Waals surface area contributed by atoms with Crippen molar-refractivity contribution in [3.05, 3.63) is 35.4 Å². The van der Waals surface area contributed by atoms with Crippen LogP contribution >= 0.6 is 12.2 Å². The molecule has 112 valence electrons. The normalized spacial score (nSPS) is 20.7. The first-order chi connectivity index (χ1) is 10.1. The van der Waals surface area contributed by atoms with Crippen molar-refractivity contribution in [1.29, 1.82) is 0 Å². The van der Waals surface area contributed by atoms with Crippen LogP contribution in [0, 0.1) is 5.41 Å². The van der Waals surface area contributed by atoms with Gasteiger partial charge in [-0.3, -0.25) is 4.79 Å².